The van der Waals surface area contributed by atoms with Gasteiger partial charge in [-0.1, -0.05) is 54.6 Å². The van der Waals surface area contributed by atoms with Crippen molar-refractivity contribution in [1.82, 2.24) is 9.97 Å². The van der Waals surface area contributed by atoms with E-state index >= 15 is 0 Å². The number of aromatic amines is 1. The molecular formula is C23H16N2O. The van der Waals surface area contributed by atoms with Gasteiger partial charge in [-0.15, -0.1) is 0 Å². The first-order chi connectivity index (χ1) is 12.8. The lowest BCUT2D eigenvalue weighted by Gasteiger charge is -2.07. The number of nitrogens with zero attached hydrogens (tertiary/aromatic N) is 1. The van der Waals surface area contributed by atoms with E-state index in [-0.39, 0.29) is 5.75 Å². The van der Waals surface area contributed by atoms with Crippen LogP contribution in [0.1, 0.15) is 0 Å². The lowest BCUT2D eigenvalue weighted by atomic mass is 9.98. The molecule has 0 amide bonds. The zero-order valence-corrected chi connectivity index (χ0v) is 14.0. The van der Waals surface area contributed by atoms with Crippen LogP contribution in [0.3, 0.4) is 0 Å². The fourth-order valence-electron chi connectivity index (χ4n) is 3.40. The molecular weight excluding hydrogens is 320 g/mol. The van der Waals surface area contributed by atoms with Crippen LogP contribution in [0.2, 0.25) is 0 Å². The number of benzene rings is 4. The Kier molecular flexibility index (Phi) is 3.25. The molecule has 1 heterocycles. The summed E-state index contributed by atoms with van der Waals surface area (Å²) >= 11 is 0. The summed E-state index contributed by atoms with van der Waals surface area (Å²) in [6.07, 6.45) is 0. The van der Waals surface area contributed by atoms with Gasteiger partial charge < -0.3 is 10.1 Å². The van der Waals surface area contributed by atoms with E-state index < -0.39 is 0 Å². The second-order valence-electron chi connectivity index (χ2n) is 6.39. The van der Waals surface area contributed by atoms with Crippen LogP contribution in [0, 0.1) is 0 Å². The molecule has 5 aromatic rings. The molecule has 1 aromatic heterocycles. The van der Waals surface area contributed by atoms with Crippen molar-refractivity contribution >= 4 is 21.8 Å². The number of rotatable bonds is 2. The van der Waals surface area contributed by atoms with Crippen molar-refractivity contribution in [3.63, 3.8) is 0 Å². The summed E-state index contributed by atoms with van der Waals surface area (Å²) in [7, 11) is 0. The molecule has 0 aliphatic rings. The lowest BCUT2D eigenvalue weighted by Crippen LogP contribution is -1.85. The van der Waals surface area contributed by atoms with Gasteiger partial charge in [0.25, 0.3) is 0 Å². The predicted molar refractivity (Wildman–Crippen MR) is 106 cm³/mol. The van der Waals surface area contributed by atoms with Crippen LogP contribution in [0.15, 0.2) is 84.9 Å². The van der Waals surface area contributed by atoms with Gasteiger partial charge in [0.05, 0.1) is 11.0 Å². The molecule has 0 saturated heterocycles. The SMILES string of the molecule is Oc1ccc(-c2ccc3c(-c4nc5ccccc5[nH]4)cccc3c2)cc1. The maximum Gasteiger partial charge on any atom is 0.139 e. The number of hydrogen-bond acceptors (Lipinski definition) is 2. The number of aromatic nitrogens is 2. The third-order valence-corrected chi connectivity index (χ3v) is 4.73. The summed E-state index contributed by atoms with van der Waals surface area (Å²) in [6, 6.07) is 28.1. The average Bonchev–Trinajstić information content (AvgIpc) is 3.11. The molecule has 3 nitrogen and oxygen atoms in total. The number of phenols is 1. The van der Waals surface area contributed by atoms with Crippen molar-refractivity contribution in [2.45, 2.75) is 0 Å². The van der Waals surface area contributed by atoms with E-state index in [0.29, 0.717) is 0 Å². The molecule has 124 valence electrons. The minimum atomic E-state index is 0.279. The number of imidazole rings is 1. The normalized spacial score (nSPS) is 11.2. The number of fused-ring (bicyclic) bond motifs is 2. The zero-order valence-electron chi connectivity index (χ0n) is 14.0. The summed E-state index contributed by atoms with van der Waals surface area (Å²) in [5.74, 6) is 1.16. The smallest absolute Gasteiger partial charge is 0.139 e. The summed E-state index contributed by atoms with van der Waals surface area (Å²) in [5, 5.41) is 11.8. The Morgan fingerprint density at radius 3 is 2.38 bits per heavy atom. The fourth-order valence-corrected chi connectivity index (χ4v) is 3.40. The molecule has 0 bridgehead atoms. The molecule has 0 atom stereocenters. The fraction of sp³-hybridized carbons (Fsp3) is 0. The van der Waals surface area contributed by atoms with E-state index in [1.165, 1.54) is 0 Å². The molecule has 2 N–H and O–H groups in total. The van der Waals surface area contributed by atoms with Gasteiger partial charge in [0.2, 0.25) is 0 Å². The van der Waals surface area contributed by atoms with Crippen LogP contribution >= 0.6 is 0 Å². The number of H-pyrrole nitrogens is 1. The van der Waals surface area contributed by atoms with Gasteiger partial charge in [-0.25, -0.2) is 4.98 Å². The highest BCUT2D eigenvalue weighted by atomic mass is 16.3. The minimum Gasteiger partial charge on any atom is -0.508 e. The minimum absolute atomic E-state index is 0.279. The largest absolute Gasteiger partial charge is 0.508 e. The zero-order chi connectivity index (χ0) is 17.5. The number of aromatic hydroxyl groups is 1. The first kappa shape index (κ1) is 14.7. The average molecular weight is 336 g/mol. The second-order valence-corrected chi connectivity index (χ2v) is 6.39. The van der Waals surface area contributed by atoms with Crippen molar-refractivity contribution < 1.29 is 5.11 Å². The predicted octanol–water partition coefficient (Wildman–Crippen LogP) is 5.76. The number of phenolic OH excluding ortho intramolecular Hbond substituents is 1. The van der Waals surface area contributed by atoms with E-state index in [9.17, 15) is 5.11 Å². The third kappa shape index (κ3) is 2.42. The second kappa shape index (κ2) is 5.74. The Morgan fingerprint density at radius 1 is 0.731 bits per heavy atom. The molecule has 4 aromatic carbocycles. The van der Waals surface area contributed by atoms with Gasteiger partial charge in [-0.3, -0.25) is 0 Å². The monoisotopic (exact) mass is 336 g/mol. The van der Waals surface area contributed by atoms with Crippen LogP contribution in [0.5, 0.6) is 5.75 Å². The van der Waals surface area contributed by atoms with E-state index in [4.69, 9.17) is 4.98 Å². The van der Waals surface area contributed by atoms with Crippen molar-refractivity contribution in [3.8, 4) is 28.3 Å². The Hall–Kier alpha value is -3.59. The third-order valence-electron chi connectivity index (χ3n) is 4.73. The van der Waals surface area contributed by atoms with Crippen LogP contribution in [0.4, 0.5) is 0 Å². The lowest BCUT2D eigenvalue weighted by molar-refractivity contribution is 0.475. The van der Waals surface area contributed by atoms with E-state index in [0.717, 1.165) is 44.3 Å². The highest BCUT2D eigenvalue weighted by molar-refractivity contribution is 5.98. The molecule has 0 spiro atoms. The summed E-state index contributed by atoms with van der Waals surface area (Å²) < 4.78 is 0. The maximum absolute atomic E-state index is 9.49. The first-order valence-electron chi connectivity index (χ1n) is 8.55. The van der Waals surface area contributed by atoms with Gasteiger partial charge in [-0.2, -0.15) is 0 Å². The molecule has 0 aliphatic heterocycles. The molecule has 0 fully saturated rings. The van der Waals surface area contributed by atoms with Crippen molar-refractivity contribution in [2.24, 2.45) is 0 Å². The van der Waals surface area contributed by atoms with Crippen LogP contribution < -0.4 is 0 Å². The number of nitrogens with one attached hydrogen (secondary N) is 1. The number of para-hydroxylation sites is 2. The summed E-state index contributed by atoms with van der Waals surface area (Å²) in [6.45, 7) is 0. The summed E-state index contributed by atoms with van der Waals surface area (Å²) in [5.41, 5.74) is 5.31. The van der Waals surface area contributed by atoms with Crippen molar-refractivity contribution in [1.29, 1.82) is 0 Å². The highest BCUT2D eigenvalue weighted by Crippen LogP contribution is 2.32. The van der Waals surface area contributed by atoms with Crippen molar-refractivity contribution in [2.75, 3.05) is 0 Å². The molecule has 0 unspecified atom stereocenters. The van der Waals surface area contributed by atoms with Crippen molar-refractivity contribution in [3.05, 3.63) is 84.9 Å². The van der Waals surface area contributed by atoms with Gasteiger partial charge in [0, 0.05) is 5.56 Å². The topological polar surface area (TPSA) is 48.9 Å². The molecule has 5 rings (SSSR count). The maximum atomic E-state index is 9.49. The van der Waals surface area contributed by atoms with Gasteiger partial charge >= 0.3 is 0 Å². The first-order valence-corrected chi connectivity index (χ1v) is 8.55. The Balaban J connectivity index is 1.66. The molecule has 0 aliphatic carbocycles. The van der Waals surface area contributed by atoms with Crippen LogP contribution in [-0.4, -0.2) is 15.1 Å². The molecule has 0 saturated carbocycles. The van der Waals surface area contributed by atoms with Gasteiger partial charge in [0.1, 0.15) is 11.6 Å². The number of hydrogen-bond donors (Lipinski definition) is 2. The van der Waals surface area contributed by atoms with Crippen LogP contribution in [-0.2, 0) is 0 Å². The van der Waals surface area contributed by atoms with E-state index in [1.807, 2.05) is 36.4 Å². The van der Waals surface area contributed by atoms with Gasteiger partial charge in [-0.05, 0) is 52.2 Å². The van der Waals surface area contributed by atoms with Gasteiger partial charge in [0.15, 0.2) is 0 Å². The van der Waals surface area contributed by atoms with E-state index in [1.54, 1.807) is 12.1 Å². The molecule has 3 heteroatoms. The summed E-state index contributed by atoms with van der Waals surface area (Å²) in [4.78, 5) is 8.16. The Bertz CT molecular complexity index is 1200. The van der Waals surface area contributed by atoms with Crippen LogP contribution in [0.25, 0.3) is 44.3 Å². The standard InChI is InChI=1S/C23H16N2O/c26-18-11-8-15(9-12-18)16-10-13-19-17(14-16)4-3-5-20(19)23-24-21-6-1-2-7-22(21)25-23/h1-14,26H,(H,24,25). The quantitative estimate of drug-likeness (QED) is 0.431. The highest BCUT2D eigenvalue weighted by Gasteiger charge is 2.09. The molecule has 26 heavy (non-hydrogen) atoms. The molecule has 0 radical (unpaired) electrons. The Morgan fingerprint density at radius 2 is 1.54 bits per heavy atom. The Labute approximate surface area is 150 Å². The van der Waals surface area contributed by atoms with E-state index in [2.05, 4.69) is 41.4 Å².